The molecule has 2 aromatic rings. The zero-order valence-corrected chi connectivity index (χ0v) is 10.7. The first-order chi connectivity index (χ1) is 9.62. The van der Waals surface area contributed by atoms with Crippen LogP contribution >= 0.6 is 0 Å². The summed E-state index contributed by atoms with van der Waals surface area (Å²) in [7, 11) is 1.45. The van der Waals surface area contributed by atoms with E-state index in [4.69, 9.17) is 14.7 Å². The van der Waals surface area contributed by atoms with Crippen molar-refractivity contribution in [1.82, 2.24) is 0 Å². The van der Waals surface area contributed by atoms with Gasteiger partial charge in [-0.1, -0.05) is 0 Å². The van der Waals surface area contributed by atoms with Crippen LogP contribution in [-0.2, 0) is 6.61 Å². The van der Waals surface area contributed by atoms with Gasteiger partial charge in [-0.25, -0.2) is 8.78 Å². The summed E-state index contributed by atoms with van der Waals surface area (Å²) in [5.41, 5.74) is 0.805. The number of ether oxygens (including phenoxy) is 2. The standard InChI is InChI=1S/C15H11F2NO2/c1-19-15-6-10(8-18)2-3-14(15)20-9-11-4-12(16)7-13(17)5-11/h2-7H,9H2,1H3. The van der Waals surface area contributed by atoms with E-state index in [2.05, 4.69) is 0 Å². The smallest absolute Gasteiger partial charge is 0.162 e. The minimum Gasteiger partial charge on any atom is -0.493 e. The third kappa shape index (κ3) is 3.23. The first kappa shape index (κ1) is 13.8. The fourth-order valence-corrected chi connectivity index (χ4v) is 1.71. The Kier molecular flexibility index (Phi) is 4.16. The van der Waals surface area contributed by atoms with Gasteiger partial charge in [0, 0.05) is 12.1 Å². The summed E-state index contributed by atoms with van der Waals surface area (Å²) in [4.78, 5) is 0. The third-order valence-corrected chi connectivity index (χ3v) is 2.61. The Bertz CT molecular complexity index is 645. The molecule has 0 bridgehead atoms. The van der Waals surface area contributed by atoms with Crippen molar-refractivity contribution in [3.63, 3.8) is 0 Å². The zero-order valence-electron chi connectivity index (χ0n) is 10.7. The quantitative estimate of drug-likeness (QED) is 0.858. The summed E-state index contributed by atoms with van der Waals surface area (Å²) in [5, 5.41) is 8.79. The van der Waals surface area contributed by atoms with Crippen LogP contribution in [0.25, 0.3) is 0 Å². The van der Waals surface area contributed by atoms with E-state index in [0.717, 1.165) is 6.07 Å². The van der Waals surface area contributed by atoms with Crippen LogP contribution < -0.4 is 9.47 Å². The molecule has 0 atom stereocenters. The highest BCUT2D eigenvalue weighted by Crippen LogP contribution is 2.28. The summed E-state index contributed by atoms with van der Waals surface area (Å²) in [6.45, 7) is -0.00304. The molecule has 0 aliphatic rings. The predicted octanol–water partition coefficient (Wildman–Crippen LogP) is 3.42. The van der Waals surface area contributed by atoms with E-state index in [0.29, 0.717) is 22.6 Å². The highest BCUT2D eigenvalue weighted by atomic mass is 19.1. The van der Waals surface area contributed by atoms with Crippen molar-refractivity contribution in [3.8, 4) is 17.6 Å². The maximum Gasteiger partial charge on any atom is 0.162 e. The summed E-state index contributed by atoms with van der Waals surface area (Å²) in [6.07, 6.45) is 0. The van der Waals surface area contributed by atoms with Crippen molar-refractivity contribution < 1.29 is 18.3 Å². The second-order valence-electron chi connectivity index (χ2n) is 4.04. The Morgan fingerprint density at radius 1 is 1.05 bits per heavy atom. The number of methoxy groups -OCH3 is 1. The molecule has 20 heavy (non-hydrogen) atoms. The van der Waals surface area contributed by atoms with Gasteiger partial charge in [0.25, 0.3) is 0 Å². The predicted molar refractivity (Wildman–Crippen MR) is 68.4 cm³/mol. The van der Waals surface area contributed by atoms with E-state index < -0.39 is 11.6 Å². The summed E-state index contributed by atoms with van der Waals surface area (Å²) in [5.74, 6) is -0.525. The molecule has 0 fully saturated rings. The van der Waals surface area contributed by atoms with Crippen LogP contribution in [0.1, 0.15) is 11.1 Å². The minimum absolute atomic E-state index is 0.00304. The van der Waals surface area contributed by atoms with Crippen molar-refractivity contribution in [1.29, 1.82) is 5.26 Å². The van der Waals surface area contributed by atoms with E-state index in [1.54, 1.807) is 12.1 Å². The molecule has 0 spiro atoms. The van der Waals surface area contributed by atoms with Gasteiger partial charge in [-0.05, 0) is 29.8 Å². The Morgan fingerprint density at radius 3 is 2.35 bits per heavy atom. The number of halogens is 2. The van der Waals surface area contributed by atoms with Crippen molar-refractivity contribution >= 4 is 0 Å². The number of rotatable bonds is 4. The van der Waals surface area contributed by atoms with Crippen LogP contribution in [0.4, 0.5) is 8.78 Å². The molecule has 0 saturated heterocycles. The number of benzene rings is 2. The normalized spacial score (nSPS) is 9.90. The highest BCUT2D eigenvalue weighted by Gasteiger charge is 2.07. The minimum atomic E-state index is -0.657. The van der Waals surface area contributed by atoms with Crippen molar-refractivity contribution in [2.24, 2.45) is 0 Å². The van der Waals surface area contributed by atoms with Gasteiger partial charge in [0.15, 0.2) is 11.5 Å². The molecule has 0 aliphatic heterocycles. The van der Waals surface area contributed by atoms with Gasteiger partial charge >= 0.3 is 0 Å². The van der Waals surface area contributed by atoms with Crippen LogP contribution in [-0.4, -0.2) is 7.11 Å². The number of nitriles is 1. The molecule has 3 nitrogen and oxygen atoms in total. The molecule has 2 aromatic carbocycles. The molecule has 0 amide bonds. The number of nitrogens with zero attached hydrogens (tertiary/aromatic N) is 1. The zero-order chi connectivity index (χ0) is 14.5. The van der Waals surface area contributed by atoms with Gasteiger partial charge in [-0.2, -0.15) is 5.26 Å². The number of hydrogen-bond donors (Lipinski definition) is 0. The van der Waals surface area contributed by atoms with E-state index in [1.807, 2.05) is 6.07 Å². The Hall–Kier alpha value is -2.61. The van der Waals surface area contributed by atoms with Crippen LogP contribution in [0.15, 0.2) is 36.4 Å². The van der Waals surface area contributed by atoms with Crippen molar-refractivity contribution in [3.05, 3.63) is 59.2 Å². The molecular weight excluding hydrogens is 264 g/mol. The second kappa shape index (κ2) is 6.02. The molecular formula is C15H11F2NO2. The average molecular weight is 275 g/mol. The number of hydrogen-bond acceptors (Lipinski definition) is 3. The van der Waals surface area contributed by atoms with Gasteiger partial charge in [0.2, 0.25) is 0 Å². The lowest BCUT2D eigenvalue weighted by Gasteiger charge is -2.11. The average Bonchev–Trinajstić information content (AvgIpc) is 2.44. The van der Waals surface area contributed by atoms with E-state index in [-0.39, 0.29) is 6.61 Å². The van der Waals surface area contributed by atoms with E-state index in [1.165, 1.54) is 25.3 Å². The fraction of sp³-hybridized carbons (Fsp3) is 0.133. The lowest BCUT2D eigenvalue weighted by molar-refractivity contribution is 0.283. The molecule has 0 saturated carbocycles. The molecule has 0 unspecified atom stereocenters. The fourth-order valence-electron chi connectivity index (χ4n) is 1.71. The lowest BCUT2D eigenvalue weighted by Crippen LogP contribution is -1.99. The molecule has 0 aliphatic carbocycles. The van der Waals surface area contributed by atoms with Gasteiger partial charge in [-0.15, -0.1) is 0 Å². The SMILES string of the molecule is COc1cc(C#N)ccc1OCc1cc(F)cc(F)c1. The molecule has 0 aromatic heterocycles. The molecule has 0 heterocycles. The van der Waals surface area contributed by atoms with Crippen molar-refractivity contribution in [2.45, 2.75) is 6.61 Å². The molecule has 0 N–H and O–H groups in total. The van der Waals surface area contributed by atoms with Gasteiger partial charge in [0.05, 0.1) is 18.7 Å². The molecule has 2 rings (SSSR count). The maximum absolute atomic E-state index is 13.0. The lowest BCUT2D eigenvalue weighted by atomic mass is 10.2. The van der Waals surface area contributed by atoms with Gasteiger partial charge in [0.1, 0.15) is 18.2 Å². The van der Waals surface area contributed by atoms with E-state index in [9.17, 15) is 8.78 Å². The molecule has 0 radical (unpaired) electrons. The largest absolute Gasteiger partial charge is 0.493 e. The molecule has 102 valence electrons. The van der Waals surface area contributed by atoms with Crippen LogP contribution in [0, 0.1) is 23.0 Å². The topological polar surface area (TPSA) is 42.2 Å². The second-order valence-corrected chi connectivity index (χ2v) is 4.04. The Morgan fingerprint density at radius 2 is 1.75 bits per heavy atom. The Balaban J connectivity index is 2.16. The van der Waals surface area contributed by atoms with Crippen LogP contribution in [0.3, 0.4) is 0 Å². The Labute approximate surface area is 115 Å². The van der Waals surface area contributed by atoms with Crippen molar-refractivity contribution in [2.75, 3.05) is 7.11 Å². The maximum atomic E-state index is 13.0. The van der Waals surface area contributed by atoms with Gasteiger partial charge < -0.3 is 9.47 Å². The van der Waals surface area contributed by atoms with Gasteiger partial charge in [-0.3, -0.25) is 0 Å². The summed E-state index contributed by atoms with van der Waals surface area (Å²) < 4.78 is 36.6. The van der Waals surface area contributed by atoms with Crippen LogP contribution in [0.5, 0.6) is 11.5 Å². The summed E-state index contributed by atoms with van der Waals surface area (Å²) >= 11 is 0. The highest BCUT2D eigenvalue weighted by molar-refractivity contribution is 5.46. The monoisotopic (exact) mass is 275 g/mol. The van der Waals surface area contributed by atoms with Crippen LogP contribution in [0.2, 0.25) is 0 Å². The molecule has 5 heteroatoms. The van der Waals surface area contributed by atoms with E-state index >= 15 is 0 Å². The third-order valence-electron chi connectivity index (χ3n) is 2.61. The first-order valence-electron chi connectivity index (χ1n) is 5.78. The summed E-state index contributed by atoms with van der Waals surface area (Å²) in [6, 6.07) is 9.85. The first-order valence-corrected chi connectivity index (χ1v) is 5.78.